The maximum Gasteiger partial charge on any atom is 0.416 e. The Labute approximate surface area is 130 Å². The Morgan fingerprint density at radius 1 is 1.30 bits per heavy atom. The zero-order valence-corrected chi connectivity index (χ0v) is 13.1. The van der Waals surface area contributed by atoms with E-state index in [1.165, 1.54) is 0 Å². The number of alkyl halides is 3. The minimum atomic E-state index is -4.94. The monoisotopic (exact) mass is 371 g/mol. The van der Waals surface area contributed by atoms with Crippen LogP contribution in [0.25, 0.3) is 10.2 Å². The van der Waals surface area contributed by atoms with Gasteiger partial charge in [0.1, 0.15) is 4.70 Å². The molecule has 8 nitrogen and oxygen atoms in total. The molecule has 0 N–H and O–H groups in total. The number of aromatic nitrogens is 1. The summed E-state index contributed by atoms with van der Waals surface area (Å²) in [6, 6.07) is 0.673. The number of thiazole rings is 1. The maximum absolute atomic E-state index is 12.9. The molecule has 23 heavy (non-hydrogen) atoms. The lowest BCUT2D eigenvalue weighted by molar-refractivity contribution is -0.383. The van der Waals surface area contributed by atoms with E-state index in [9.17, 15) is 36.5 Å². The summed E-state index contributed by atoms with van der Waals surface area (Å²) in [5.41, 5.74) is -3.09. The highest BCUT2D eigenvalue weighted by atomic mass is 32.2. The van der Waals surface area contributed by atoms with Crippen molar-refractivity contribution in [1.82, 2.24) is 8.28 Å². The van der Waals surface area contributed by atoms with Gasteiger partial charge in [0.15, 0.2) is 0 Å². The van der Waals surface area contributed by atoms with Gasteiger partial charge in [0, 0.05) is 20.2 Å². The molecule has 2 aromatic rings. The molecule has 1 heterocycles. The van der Waals surface area contributed by atoms with Gasteiger partial charge >= 0.3 is 21.3 Å². The van der Waals surface area contributed by atoms with Crippen LogP contribution in [-0.4, -0.2) is 35.7 Å². The van der Waals surface area contributed by atoms with Gasteiger partial charge in [-0.1, -0.05) is 11.3 Å². The molecule has 2 rings (SSSR count). The average molecular weight is 371 g/mol. The molecule has 0 atom stereocenters. The zero-order chi connectivity index (χ0) is 17.7. The van der Waals surface area contributed by atoms with Crippen molar-refractivity contribution in [2.24, 2.45) is 0 Å². The first-order valence-electron chi connectivity index (χ1n) is 5.71. The van der Waals surface area contributed by atoms with Crippen molar-refractivity contribution in [2.45, 2.75) is 6.18 Å². The van der Waals surface area contributed by atoms with Crippen LogP contribution in [0.2, 0.25) is 0 Å². The Kier molecular flexibility index (Phi) is 3.99. The summed E-state index contributed by atoms with van der Waals surface area (Å²) in [4.78, 5) is 20.6. The number of halogens is 3. The number of non-ortho nitro benzene ring substituents is 1. The third-order valence-corrected chi connectivity index (χ3v) is 5.68. The van der Waals surface area contributed by atoms with Crippen LogP contribution in [0.1, 0.15) is 5.56 Å². The molecule has 0 spiro atoms. The Morgan fingerprint density at radius 2 is 1.87 bits per heavy atom. The summed E-state index contributed by atoms with van der Waals surface area (Å²) in [6.45, 7) is 0. The maximum atomic E-state index is 12.9. The highest BCUT2D eigenvalue weighted by Gasteiger charge is 2.36. The molecule has 0 bridgehead atoms. The number of hydrogen-bond acceptors (Lipinski definition) is 6. The zero-order valence-electron chi connectivity index (χ0n) is 11.5. The molecule has 0 saturated carbocycles. The van der Waals surface area contributed by atoms with Gasteiger partial charge in [0.2, 0.25) is 0 Å². The van der Waals surface area contributed by atoms with Crippen LogP contribution < -0.4 is 4.87 Å². The van der Waals surface area contributed by atoms with Crippen molar-refractivity contribution in [3.05, 3.63) is 37.5 Å². The summed E-state index contributed by atoms with van der Waals surface area (Å²) >= 11 is 0.190. The van der Waals surface area contributed by atoms with E-state index < -0.39 is 47.6 Å². The number of nitrogens with zero attached hydrogens (tertiary/aromatic N) is 3. The Balaban J connectivity index is 3.04. The van der Waals surface area contributed by atoms with E-state index in [0.717, 1.165) is 14.1 Å². The van der Waals surface area contributed by atoms with Crippen molar-refractivity contribution >= 4 is 37.5 Å². The molecular weight excluding hydrogens is 363 g/mol. The SMILES string of the molecule is CN(C)S(=O)(=O)n1c(=O)sc2c([N+](=O)[O-])cc(C(F)(F)F)cc21. The van der Waals surface area contributed by atoms with E-state index in [-0.39, 0.29) is 21.4 Å². The molecule has 1 aromatic heterocycles. The number of fused-ring (bicyclic) bond motifs is 1. The Bertz CT molecular complexity index is 959. The fraction of sp³-hybridized carbons (Fsp3) is 0.300. The van der Waals surface area contributed by atoms with E-state index in [1.54, 1.807) is 0 Å². The molecule has 0 aliphatic carbocycles. The lowest BCUT2D eigenvalue weighted by Gasteiger charge is -2.13. The van der Waals surface area contributed by atoms with Gasteiger partial charge in [-0.3, -0.25) is 14.9 Å². The first-order valence-corrected chi connectivity index (χ1v) is 7.93. The van der Waals surface area contributed by atoms with E-state index >= 15 is 0 Å². The summed E-state index contributed by atoms with van der Waals surface area (Å²) in [7, 11) is -2.28. The summed E-state index contributed by atoms with van der Waals surface area (Å²) in [5.74, 6) is 0. The minimum Gasteiger partial charge on any atom is -0.258 e. The number of nitro groups is 1. The Hall–Kier alpha value is -1.99. The number of benzene rings is 1. The van der Waals surface area contributed by atoms with Gasteiger partial charge in [0.25, 0.3) is 5.69 Å². The van der Waals surface area contributed by atoms with E-state index in [1.807, 2.05) is 0 Å². The van der Waals surface area contributed by atoms with Gasteiger partial charge in [0.05, 0.1) is 16.0 Å². The second-order valence-electron chi connectivity index (χ2n) is 4.52. The van der Waals surface area contributed by atoms with Crippen molar-refractivity contribution in [1.29, 1.82) is 0 Å². The highest BCUT2D eigenvalue weighted by Crippen LogP contribution is 2.37. The van der Waals surface area contributed by atoms with Crippen LogP contribution >= 0.6 is 11.3 Å². The third kappa shape index (κ3) is 2.82. The van der Waals surface area contributed by atoms with Crippen molar-refractivity contribution < 1.29 is 26.5 Å². The molecule has 0 aliphatic rings. The predicted octanol–water partition coefficient (Wildman–Crippen LogP) is 1.64. The van der Waals surface area contributed by atoms with Crippen LogP contribution in [0.15, 0.2) is 16.9 Å². The van der Waals surface area contributed by atoms with Crippen molar-refractivity contribution in [3.63, 3.8) is 0 Å². The largest absolute Gasteiger partial charge is 0.416 e. The summed E-state index contributed by atoms with van der Waals surface area (Å²) in [5, 5.41) is 11.0. The van der Waals surface area contributed by atoms with Crippen molar-refractivity contribution in [2.75, 3.05) is 14.1 Å². The molecule has 13 heteroatoms. The molecule has 0 saturated heterocycles. The van der Waals surface area contributed by atoms with Crippen LogP contribution in [0.3, 0.4) is 0 Å². The summed E-state index contributed by atoms with van der Waals surface area (Å²) in [6.07, 6.45) is -4.94. The van der Waals surface area contributed by atoms with Crippen LogP contribution in [0.4, 0.5) is 18.9 Å². The molecule has 0 amide bonds. The van der Waals surface area contributed by atoms with Gasteiger partial charge in [-0.25, -0.2) is 0 Å². The molecule has 126 valence electrons. The fourth-order valence-corrected chi connectivity index (χ4v) is 3.97. The van der Waals surface area contributed by atoms with E-state index in [2.05, 4.69) is 0 Å². The fourth-order valence-electron chi connectivity index (χ4n) is 1.76. The average Bonchev–Trinajstić information content (AvgIpc) is 2.72. The van der Waals surface area contributed by atoms with Crippen LogP contribution in [0.5, 0.6) is 0 Å². The minimum absolute atomic E-state index is 0.120. The third-order valence-electron chi connectivity index (χ3n) is 2.84. The number of hydrogen-bond donors (Lipinski definition) is 0. The van der Waals surface area contributed by atoms with Gasteiger partial charge < -0.3 is 0 Å². The normalized spacial score (nSPS) is 13.0. The molecule has 1 aromatic carbocycles. The highest BCUT2D eigenvalue weighted by molar-refractivity contribution is 7.87. The predicted molar refractivity (Wildman–Crippen MR) is 75.7 cm³/mol. The number of nitro benzene ring substituents is 1. The van der Waals surface area contributed by atoms with Crippen molar-refractivity contribution in [3.8, 4) is 0 Å². The van der Waals surface area contributed by atoms with Crippen LogP contribution in [0, 0.1) is 10.1 Å². The first-order chi connectivity index (χ1) is 10.4. The second-order valence-corrected chi connectivity index (χ2v) is 7.47. The lowest BCUT2D eigenvalue weighted by Crippen LogP contribution is -2.33. The molecule has 0 radical (unpaired) electrons. The lowest BCUT2D eigenvalue weighted by atomic mass is 10.2. The van der Waals surface area contributed by atoms with Gasteiger partial charge in [-0.05, 0) is 6.07 Å². The summed E-state index contributed by atoms with van der Waals surface area (Å²) < 4.78 is 63.2. The van der Waals surface area contributed by atoms with Crippen LogP contribution in [-0.2, 0) is 16.4 Å². The topological polar surface area (TPSA) is 103 Å². The van der Waals surface area contributed by atoms with E-state index in [4.69, 9.17) is 0 Å². The molecular formula is C10H8F3N3O5S2. The second kappa shape index (κ2) is 5.28. The van der Waals surface area contributed by atoms with E-state index in [0.29, 0.717) is 10.4 Å². The Morgan fingerprint density at radius 3 is 2.30 bits per heavy atom. The smallest absolute Gasteiger partial charge is 0.258 e. The molecule has 0 unspecified atom stereocenters. The number of rotatable bonds is 3. The van der Waals surface area contributed by atoms with Gasteiger partial charge in [-0.15, -0.1) is 0 Å². The molecule has 0 aliphatic heterocycles. The first kappa shape index (κ1) is 17.4. The van der Waals surface area contributed by atoms with Gasteiger partial charge in [-0.2, -0.15) is 29.9 Å². The quantitative estimate of drug-likeness (QED) is 0.603. The standard InChI is InChI=1S/C10H8F3N3O5S2/c1-14(2)23(20,21)15-6-3-5(10(11,12)13)4-7(16(18)19)8(6)22-9(15)17/h3-4H,1-2H3. The molecule has 0 fully saturated rings.